The number of nitrogens with zero attached hydrogens (tertiary/aromatic N) is 5. The number of anilines is 1. The molecule has 1 aliphatic rings. The molecule has 0 aliphatic carbocycles. The highest BCUT2D eigenvalue weighted by molar-refractivity contribution is 5.80. The molecule has 168 valence electrons. The van der Waals surface area contributed by atoms with Crippen molar-refractivity contribution in [3.05, 3.63) is 18.5 Å². The van der Waals surface area contributed by atoms with Gasteiger partial charge in [-0.3, -0.25) is 4.99 Å². The quantitative estimate of drug-likeness (QED) is 0.517. The first-order valence-corrected chi connectivity index (χ1v) is 10.9. The van der Waals surface area contributed by atoms with Crippen molar-refractivity contribution < 1.29 is 9.53 Å². The number of ether oxygens (including phenoxy) is 1. The van der Waals surface area contributed by atoms with E-state index in [1.807, 2.05) is 26.8 Å². The van der Waals surface area contributed by atoms with Crippen LogP contribution in [-0.4, -0.2) is 77.8 Å². The fraction of sp³-hybridized carbons (Fsp3) is 0.714. The summed E-state index contributed by atoms with van der Waals surface area (Å²) in [5.41, 5.74) is -0.513. The van der Waals surface area contributed by atoms with Gasteiger partial charge in [-0.15, -0.1) is 0 Å². The maximum Gasteiger partial charge on any atom is 0.407 e. The average molecular weight is 420 g/mol. The van der Waals surface area contributed by atoms with Crippen molar-refractivity contribution in [2.24, 2.45) is 4.99 Å². The van der Waals surface area contributed by atoms with E-state index >= 15 is 0 Å². The van der Waals surface area contributed by atoms with Gasteiger partial charge in [-0.25, -0.2) is 14.8 Å². The van der Waals surface area contributed by atoms with Crippen LogP contribution in [0.15, 0.2) is 23.5 Å². The molecule has 1 aromatic rings. The van der Waals surface area contributed by atoms with E-state index in [1.54, 1.807) is 12.4 Å². The minimum absolute atomic E-state index is 0.0579. The lowest BCUT2D eigenvalue weighted by atomic mass is 10.1. The Balaban J connectivity index is 1.95. The van der Waals surface area contributed by atoms with E-state index in [0.29, 0.717) is 6.54 Å². The van der Waals surface area contributed by atoms with Crippen LogP contribution in [-0.2, 0) is 4.74 Å². The van der Waals surface area contributed by atoms with Crippen molar-refractivity contribution in [1.29, 1.82) is 0 Å². The Hall–Kier alpha value is -2.58. The van der Waals surface area contributed by atoms with Crippen LogP contribution < -0.4 is 15.5 Å². The van der Waals surface area contributed by atoms with E-state index in [1.165, 1.54) is 0 Å². The SMILES string of the molecule is CCCC(CN=C(NCC)N1CCN(c2ncccn2)CC1)NC(=O)OC(C)(C)C. The maximum absolute atomic E-state index is 12.2. The van der Waals surface area contributed by atoms with Crippen LogP contribution in [0.5, 0.6) is 0 Å². The molecule has 1 saturated heterocycles. The molecule has 9 heteroatoms. The zero-order chi connectivity index (χ0) is 22.0. The molecule has 0 bridgehead atoms. The third-order valence-electron chi connectivity index (χ3n) is 4.57. The van der Waals surface area contributed by atoms with Crippen molar-refractivity contribution >= 4 is 18.0 Å². The molecule has 1 atom stereocenters. The van der Waals surface area contributed by atoms with E-state index in [2.05, 4.69) is 44.2 Å². The molecule has 30 heavy (non-hydrogen) atoms. The minimum atomic E-state index is -0.513. The number of guanidine groups is 1. The van der Waals surface area contributed by atoms with Gasteiger partial charge in [0, 0.05) is 45.1 Å². The van der Waals surface area contributed by atoms with E-state index in [0.717, 1.165) is 57.5 Å². The third kappa shape index (κ3) is 8.04. The molecule has 0 spiro atoms. The first-order valence-electron chi connectivity index (χ1n) is 10.9. The topological polar surface area (TPSA) is 95.0 Å². The van der Waals surface area contributed by atoms with Gasteiger partial charge in [-0.1, -0.05) is 13.3 Å². The summed E-state index contributed by atoms with van der Waals surface area (Å²) in [7, 11) is 0. The van der Waals surface area contributed by atoms with Gasteiger partial charge >= 0.3 is 6.09 Å². The number of amides is 1. The molecule has 9 nitrogen and oxygen atoms in total. The summed E-state index contributed by atoms with van der Waals surface area (Å²) in [6.07, 6.45) is 4.96. The van der Waals surface area contributed by atoms with Crippen LogP contribution >= 0.6 is 0 Å². The molecular weight excluding hydrogens is 382 g/mol. The van der Waals surface area contributed by atoms with Crippen molar-refractivity contribution in [3.8, 4) is 0 Å². The lowest BCUT2D eigenvalue weighted by molar-refractivity contribution is 0.0503. The van der Waals surface area contributed by atoms with Gasteiger partial charge < -0.3 is 25.2 Å². The molecule has 1 aliphatic heterocycles. The van der Waals surface area contributed by atoms with Gasteiger partial charge in [0.15, 0.2) is 5.96 Å². The number of carbonyl (C=O) groups excluding carboxylic acids is 1. The number of aromatic nitrogens is 2. The van der Waals surface area contributed by atoms with Gasteiger partial charge in [0.25, 0.3) is 0 Å². The van der Waals surface area contributed by atoms with Crippen LogP contribution in [0.2, 0.25) is 0 Å². The fourth-order valence-corrected chi connectivity index (χ4v) is 3.23. The van der Waals surface area contributed by atoms with E-state index < -0.39 is 11.7 Å². The van der Waals surface area contributed by atoms with Crippen molar-refractivity contribution in [1.82, 2.24) is 25.5 Å². The highest BCUT2D eigenvalue weighted by Crippen LogP contribution is 2.11. The van der Waals surface area contributed by atoms with Gasteiger partial charge in [0.1, 0.15) is 5.60 Å². The highest BCUT2D eigenvalue weighted by Gasteiger charge is 2.22. The second-order valence-corrected chi connectivity index (χ2v) is 8.35. The molecule has 1 aromatic heterocycles. The zero-order valence-corrected chi connectivity index (χ0v) is 19.0. The van der Waals surface area contributed by atoms with Gasteiger partial charge in [0.05, 0.1) is 12.6 Å². The van der Waals surface area contributed by atoms with Crippen molar-refractivity contribution in [3.63, 3.8) is 0 Å². The van der Waals surface area contributed by atoms with Crippen molar-refractivity contribution in [2.45, 2.75) is 59.1 Å². The summed E-state index contributed by atoms with van der Waals surface area (Å²) in [5.74, 6) is 1.64. The average Bonchev–Trinajstić information content (AvgIpc) is 2.70. The minimum Gasteiger partial charge on any atom is -0.444 e. The molecule has 0 aromatic carbocycles. The summed E-state index contributed by atoms with van der Waals surface area (Å²) in [4.78, 5) is 30.1. The van der Waals surface area contributed by atoms with Crippen LogP contribution in [0.25, 0.3) is 0 Å². The predicted octanol–water partition coefficient (Wildman–Crippen LogP) is 2.26. The number of alkyl carbamates (subject to hydrolysis) is 1. The normalized spacial score (nSPS) is 16.2. The van der Waals surface area contributed by atoms with Crippen LogP contribution in [0, 0.1) is 0 Å². The number of carbonyl (C=O) groups is 1. The number of hydrogen-bond acceptors (Lipinski definition) is 6. The Kier molecular flexibility index (Phi) is 9.14. The number of hydrogen-bond donors (Lipinski definition) is 2. The van der Waals surface area contributed by atoms with Crippen molar-refractivity contribution in [2.75, 3.05) is 44.2 Å². The lowest BCUT2D eigenvalue weighted by Gasteiger charge is -2.36. The molecule has 2 N–H and O–H groups in total. The summed E-state index contributed by atoms with van der Waals surface area (Å²) in [6.45, 7) is 14.4. The highest BCUT2D eigenvalue weighted by atomic mass is 16.6. The van der Waals surface area contributed by atoms with E-state index in [4.69, 9.17) is 9.73 Å². The summed E-state index contributed by atoms with van der Waals surface area (Å²) in [5, 5.41) is 6.34. The Bertz CT molecular complexity index is 668. The molecule has 1 unspecified atom stereocenters. The largest absolute Gasteiger partial charge is 0.444 e. The Morgan fingerprint density at radius 2 is 1.87 bits per heavy atom. The Labute approximate surface area is 180 Å². The molecular formula is C21H37N7O2. The zero-order valence-electron chi connectivity index (χ0n) is 19.0. The number of nitrogens with one attached hydrogen (secondary N) is 2. The van der Waals surface area contributed by atoms with E-state index in [9.17, 15) is 4.79 Å². The van der Waals surface area contributed by atoms with Gasteiger partial charge in [-0.2, -0.15) is 0 Å². The van der Waals surface area contributed by atoms with Crippen LogP contribution in [0.4, 0.5) is 10.7 Å². The van der Waals surface area contributed by atoms with Gasteiger partial charge in [-0.05, 0) is 40.2 Å². The predicted molar refractivity (Wildman–Crippen MR) is 120 cm³/mol. The second-order valence-electron chi connectivity index (χ2n) is 8.35. The monoisotopic (exact) mass is 419 g/mol. The molecule has 0 radical (unpaired) electrons. The molecule has 1 fully saturated rings. The van der Waals surface area contributed by atoms with Crippen LogP contribution in [0.3, 0.4) is 0 Å². The number of rotatable bonds is 7. The third-order valence-corrected chi connectivity index (χ3v) is 4.57. The van der Waals surface area contributed by atoms with E-state index in [-0.39, 0.29) is 6.04 Å². The molecule has 2 rings (SSSR count). The smallest absolute Gasteiger partial charge is 0.407 e. The lowest BCUT2D eigenvalue weighted by Crippen LogP contribution is -2.53. The summed E-state index contributed by atoms with van der Waals surface area (Å²) >= 11 is 0. The molecule has 0 saturated carbocycles. The maximum atomic E-state index is 12.2. The standard InChI is InChI=1S/C21H37N7O2/c1-6-9-17(26-20(29)30-21(3,4)5)16-25-18(22-7-2)27-12-14-28(15-13-27)19-23-10-8-11-24-19/h8,10-11,17H,6-7,9,12-16H2,1-5H3,(H,22,25)(H,26,29). The van der Waals surface area contributed by atoms with Crippen LogP contribution in [0.1, 0.15) is 47.5 Å². The number of aliphatic imine (C=N–C) groups is 1. The second kappa shape index (κ2) is 11.6. The summed E-state index contributed by atoms with van der Waals surface area (Å²) in [6, 6.07) is 1.77. The summed E-state index contributed by atoms with van der Waals surface area (Å²) < 4.78 is 5.40. The first kappa shape index (κ1) is 23.7. The Morgan fingerprint density at radius 1 is 1.20 bits per heavy atom. The molecule has 1 amide bonds. The fourth-order valence-electron chi connectivity index (χ4n) is 3.23. The number of piperazine rings is 1. The Morgan fingerprint density at radius 3 is 2.43 bits per heavy atom. The van der Waals surface area contributed by atoms with Gasteiger partial charge in [0.2, 0.25) is 5.95 Å². The molecule has 2 heterocycles. The first-order chi connectivity index (χ1) is 14.3.